The third-order valence-corrected chi connectivity index (χ3v) is 6.72. The first kappa shape index (κ1) is 23.3. The topological polar surface area (TPSA) is 45.3 Å². The highest BCUT2D eigenvalue weighted by Crippen LogP contribution is 2.42. The number of hydrazine groups is 1. The number of rotatable bonds is 6. The van der Waals surface area contributed by atoms with Crippen molar-refractivity contribution < 1.29 is 4.74 Å². The Bertz CT molecular complexity index is 617. The van der Waals surface area contributed by atoms with E-state index in [4.69, 9.17) is 4.74 Å². The molecular formula is C24H45N3O. The van der Waals surface area contributed by atoms with E-state index in [0.717, 1.165) is 13.2 Å². The fourth-order valence-corrected chi connectivity index (χ4v) is 4.40. The van der Waals surface area contributed by atoms with Gasteiger partial charge in [0.05, 0.1) is 6.61 Å². The first-order chi connectivity index (χ1) is 12.7. The quantitative estimate of drug-likeness (QED) is 0.571. The predicted molar refractivity (Wildman–Crippen MR) is 119 cm³/mol. The summed E-state index contributed by atoms with van der Waals surface area (Å²) in [5.74, 6) is 1.14. The van der Waals surface area contributed by atoms with Gasteiger partial charge in [-0.15, -0.1) is 0 Å². The predicted octanol–water partition coefficient (Wildman–Crippen LogP) is 5.35. The Labute approximate surface area is 173 Å². The van der Waals surface area contributed by atoms with E-state index in [1.165, 1.54) is 29.8 Å². The van der Waals surface area contributed by atoms with E-state index in [1.807, 2.05) is 0 Å². The lowest BCUT2D eigenvalue weighted by atomic mass is 9.72. The Kier molecular flexibility index (Phi) is 6.98. The second kappa shape index (κ2) is 8.39. The van der Waals surface area contributed by atoms with Crippen LogP contribution in [-0.2, 0) is 4.74 Å². The summed E-state index contributed by atoms with van der Waals surface area (Å²) in [6.45, 7) is 25.7. The van der Waals surface area contributed by atoms with Crippen LogP contribution in [0.4, 0.5) is 0 Å². The van der Waals surface area contributed by atoms with Crippen LogP contribution in [-0.4, -0.2) is 19.9 Å². The van der Waals surface area contributed by atoms with Gasteiger partial charge in [-0.25, -0.2) is 5.43 Å². The van der Waals surface area contributed by atoms with Gasteiger partial charge in [0.2, 0.25) is 0 Å². The van der Waals surface area contributed by atoms with Gasteiger partial charge < -0.3 is 15.5 Å². The van der Waals surface area contributed by atoms with Gasteiger partial charge in [-0.3, -0.25) is 0 Å². The van der Waals surface area contributed by atoms with Crippen LogP contribution in [0, 0.1) is 28.1 Å². The molecule has 2 aliphatic rings. The van der Waals surface area contributed by atoms with E-state index in [9.17, 15) is 0 Å². The lowest BCUT2D eigenvalue weighted by Crippen LogP contribution is -2.36. The summed E-state index contributed by atoms with van der Waals surface area (Å²) in [6, 6.07) is 0. The van der Waals surface area contributed by atoms with E-state index in [0.29, 0.717) is 18.6 Å². The zero-order chi connectivity index (χ0) is 21.3. The molecule has 0 saturated carbocycles. The molecule has 4 heteroatoms. The average molecular weight is 392 g/mol. The number of ether oxygens (including phenoxy) is 1. The molecule has 0 aromatic heterocycles. The zero-order valence-corrected chi connectivity index (χ0v) is 20.1. The molecule has 0 aromatic carbocycles. The number of hydrogen-bond acceptors (Lipinski definition) is 4. The zero-order valence-electron chi connectivity index (χ0n) is 20.1. The molecule has 1 unspecified atom stereocenters. The third kappa shape index (κ3) is 5.33. The molecule has 0 aromatic rings. The molecule has 2 aliphatic heterocycles. The molecule has 0 amide bonds. The Morgan fingerprint density at radius 2 is 1.57 bits per heavy atom. The standard InChI is InChI=1S/C24H45N3O/c1-16(17(2)20-19(22(3,4)5)14-28-15-25-20)11-12-24(9,10)18-13-26-27-21(18)23(6,7)8/h16-17,25-27H,11-15H2,1-10H3/t16-,17?/m1/s1. The Morgan fingerprint density at radius 3 is 2.14 bits per heavy atom. The lowest BCUT2D eigenvalue weighted by Gasteiger charge is -2.37. The van der Waals surface area contributed by atoms with Crippen LogP contribution in [0.1, 0.15) is 82.1 Å². The molecule has 2 rings (SSSR count). The summed E-state index contributed by atoms with van der Waals surface area (Å²) in [4.78, 5) is 0. The molecular weight excluding hydrogens is 346 g/mol. The van der Waals surface area contributed by atoms with Crippen LogP contribution in [0.2, 0.25) is 0 Å². The summed E-state index contributed by atoms with van der Waals surface area (Å²) < 4.78 is 5.71. The second-order valence-corrected chi connectivity index (χ2v) is 11.6. The van der Waals surface area contributed by atoms with Gasteiger partial charge >= 0.3 is 0 Å². The highest BCUT2D eigenvalue weighted by atomic mass is 16.5. The van der Waals surface area contributed by atoms with Gasteiger partial charge in [-0.05, 0) is 46.7 Å². The Morgan fingerprint density at radius 1 is 0.929 bits per heavy atom. The fourth-order valence-electron chi connectivity index (χ4n) is 4.40. The largest absolute Gasteiger partial charge is 0.366 e. The third-order valence-electron chi connectivity index (χ3n) is 6.72. The SMILES string of the molecule is CC(C1=C(C(C)(C)C)COCN1)[C@H](C)CCC(C)(C)C1=C(C(C)(C)C)NNC1. The van der Waals surface area contributed by atoms with Crippen molar-refractivity contribution in [2.75, 3.05) is 19.9 Å². The molecule has 0 radical (unpaired) electrons. The number of allylic oxidation sites excluding steroid dienone is 2. The minimum atomic E-state index is 0.142. The molecule has 2 atom stereocenters. The van der Waals surface area contributed by atoms with Crippen molar-refractivity contribution in [3.8, 4) is 0 Å². The van der Waals surface area contributed by atoms with Crippen LogP contribution < -0.4 is 16.2 Å². The minimum Gasteiger partial charge on any atom is -0.366 e. The summed E-state index contributed by atoms with van der Waals surface area (Å²) in [5.41, 5.74) is 13.0. The van der Waals surface area contributed by atoms with Crippen molar-refractivity contribution in [2.24, 2.45) is 28.1 Å². The maximum absolute atomic E-state index is 5.71. The number of nitrogens with one attached hydrogen (secondary N) is 3. The van der Waals surface area contributed by atoms with Crippen LogP contribution in [0.25, 0.3) is 0 Å². The second-order valence-electron chi connectivity index (χ2n) is 11.6. The van der Waals surface area contributed by atoms with Crippen molar-refractivity contribution in [1.29, 1.82) is 0 Å². The van der Waals surface area contributed by atoms with Crippen molar-refractivity contribution in [2.45, 2.75) is 82.1 Å². The fraction of sp³-hybridized carbons (Fsp3) is 0.833. The molecule has 4 nitrogen and oxygen atoms in total. The van der Waals surface area contributed by atoms with Crippen LogP contribution in [0.5, 0.6) is 0 Å². The average Bonchev–Trinajstić information content (AvgIpc) is 3.09. The molecule has 0 fully saturated rings. The summed E-state index contributed by atoms with van der Waals surface area (Å²) >= 11 is 0. The monoisotopic (exact) mass is 391 g/mol. The number of hydrogen-bond donors (Lipinski definition) is 3. The minimum absolute atomic E-state index is 0.142. The maximum atomic E-state index is 5.71. The molecule has 0 spiro atoms. The van der Waals surface area contributed by atoms with Crippen molar-refractivity contribution >= 4 is 0 Å². The molecule has 0 aliphatic carbocycles. The summed E-state index contributed by atoms with van der Waals surface area (Å²) in [6.07, 6.45) is 2.42. The van der Waals surface area contributed by atoms with Crippen molar-refractivity contribution in [3.05, 3.63) is 22.5 Å². The molecule has 3 N–H and O–H groups in total. The smallest absolute Gasteiger partial charge is 0.116 e. The maximum Gasteiger partial charge on any atom is 0.116 e. The van der Waals surface area contributed by atoms with E-state index in [1.54, 1.807) is 5.57 Å². The van der Waals surface area contributed by atoms with Crippen LogP contribution in [0.15, 0.2) is 22.5 Å². The first-order valence-electron chi connectivity index (χ1n) is 11.0. The highest BCUT2D eigenvalue weighted by Gasteiger charge is 2.35. The molecule has 28 heavy (non-hydrogen) atoms. The summed E-state index contributed by atoms with van der Waals surface area (Å²) in [7, 11) is 0. The highest BCUT2D eigenvalue weighted by molar-refractivity contribution is 5.28. The van der Waals surface area contributed by atoms with Gasteiger partial charge in [0.25, 0.3) is 0 Å². The molecule has 0 saturated heterocycles. The lowest BCUT2D eigenvalue weighted by molar-refractivity contribution is 0.106. The summed E-state index contributed by atoms with van der Waals surface area (Å²) in [5, 5.41) is 3.56. The van der Waals surface area contributed by atoms with Crippen LogP contribution in [0.3, 0.4) is 0 Å². The Balaban J connectivity index is 2.12. The van der Waals surface area contributed by atoms with Gasteiger partial charge in [-0.1, -0.05) is 69.2 Å². The molecule has 0 bridgehead atoms. The van der Waals surface area contributed by atoms with Gasteiger partial charge in [0.1, 0.15) is 6.73 Å². The first-order valence-corrected chi connectivity index (χ1v) is 11.0. The van der Waals surface area contributed by atoms with E-state index < -0.39 is 0 Å². The molecule has 162 valence electrons. The van der Waals surface area contributed by atoms with Gasteiger partial charge in [-0.2, -0.15) is 0 Å². The molecule has 2 heterocycles. The van der Waals surface area contributed by atoms with Crippen molar-refractivity contribution in [3.63, 3.8) is 0 Å². The van der Waals surface area contributed by atoms with Gasteiger partial charge in [0, 0.05) is 23.4 Å². The Hall–Kier alpha value is -1.00. The van der Waals surface area contributed by atoms with E-state index in [-0.39, 0.29) is 16.2 Å². The van der Waals surface area contributed by atoms with Crippen LogP contribution >= 0.6 is 0 Å². The van der Waals surface area contributed by atoms with Crippen molar-refractivity contribution in [1.82, 2.24) is 16.2 Å². The van der Waals surface area contributed by atoms with Gasteiger partial charge in [0.15, 0.2) is 0 Å². The normalized spacial score (nSPS) is 21.5. The van der Waals surface area contributed by atoms with E-state index >= 15 is 0 Å². The van der Waals surface area contributed by atoms with E-state index in [2.05, 4.69) is 85.4 Å².